The van der Waals surface area contributed by atoms with Gasteiger partial charge in [0.2, 0.25) is 0 Å². The number of carbonyl (C=O) groups is 2. The SMILES string of the molecule is CC1(C)C[C@@H]2c3cccc(C(=O)[O-])c3C(=O)N2Cc2ccccc21. The molecule has 0 saturated carbocycles. The minimum Gasteiger partial charge on any atom is -0.545 e. The van der Waals surface area contributed by atoms with Crippen molar-refractivity contribution in [2.75, 3.05) is 0 Å². The van der Waals surface area contributed by atoms with E-state index < -0.39 is 5.97 Å². The number of carbonyl (C=O) groups excluding carboxylic acids is 2. The minimum absolute atomic E-state index is 0.00309. The summed E-state index contributed by atoms with van der Waals surface area (Å²) in [6, 6.07) is 13.1. The fraction of sp³-hybridized carbons (Fsp3) is 0.300. The normalized spacial score (nSPS) is 20.8. The molecule has 0 spiro atoms. The molecule has 0 N–H and O–H groups in total. The number of rotatable bonds is 1. The average Bonchev–Trinajstić information content (AvgIpc) is 2.73. The van der Waals surface area contributed by atoms with Gasteiger partial charge in [0.25, 0.3) is 5.91 Å². The van der Waals surface area contributed by atoms with Crippen molar-refractivity contribution in [3.63, 3.8) is 0 Å². The number of benzene rings is 2. The van der Waals surface area contributed by atoms with Crippen LogP contribution in [0.5, 0.6) is 0 Å². The molecule has 2 aliphatic heterocycles. The highest BCUT2D eigenvalue weighted by molar-refractivity contribution is 6.07. The molecular weight excluding hydrogens is 302 g/mol. The molecule has 2 aromatic rings. The third kappa shape index (κ3) is 1.99. The maximum absolute atomic E-state index is 13.0. The van der Waals surface area contributed by atoms with Gasteiger partial charge in [-0.15, -0.1) is 0 Å². The quantitative estimate of drug-likeness (QED) is 0.811. The van der Waals surface area contributed by atoms with Crippen LogP contribution in [0.1, 0.15) is 63.7 Å². The van der Waals surface area contributed by atoms with Crippen LogP contribution in [0.4, 0.5) is 0 Å². The second-order valence-corrected chi connectivity index (χ2v) is 7.25. The average molecular weight is 320 g/mol. The summed E-state index contributed by atoms with van der Waals surface area (Å²) in [7, 11) is 0. The molecule has 0 radical (unpaired) electrons. The zero-order valence-electron chi connectivity index (χ0n) is 13.7. The lowest BCUT2D eigenvalue weighted by Gasteiger charge is -2.29. The number of carboxylic acids is 1. The first-order valence-corrected chi connectivity index (χ1v) is 8.14. The van der Waals surface area contributed by atoms with Gasteiger partial charge < -0.3 is 14.8 Å². The van der Waals surface area contributed by atoms with E-state index in [2.05, 4.69) is 26.0 Å². The lowest BCUT2D eigenvalue weighted by Crippen LogP contribution is -2.29. The summed E-state index contributed by atoms with van der Waals surface area (Å²) < 4.78 is 0. The van der Waals surface area contributed by atoms with Gasteiger partial charge in [0, 0.05) is 12.1 Å². The maximum Gasteiger partial charge on any atom is 0.255 e. The second-order valence-electron chi connectivity index (χ2n) is 7.25. The van der Waals surface area contributed by atoms with Gasteiger partial charge in [-0.05, 0) is 28.5 Å². The van der Waals surface area contributed by atoms with Crippen LogP contribution in [0.25, 0.3) is 0 Å². The third-order valence-corrected chi connectivity index (χ3v) is 5.32. The first-order chi connectivity index (χ1) is 11.4. The van der Waals surface area contributed by atoms with Crippen LogP contribution >= 0.6 is 0 Å². The van der Waals surface area contributed by atoms with Crippen molar-refractivity contribution in [1.82, 2.24) is 4.90 Å². The van der Waals surface area contributed by atoms with Crippen LogP contribution in [-0.4, -0.2) is 16.8 Å². The van der Waals surface area contributed by atoms with Crippen LogP contribution < -0.4 is 5.11 Å². The van der Waals surface area contributed by atoms with E-state index in [4.69, 9.17) is 0 Å². The highest BCUT2D eigenvalue weighted by atomic mass is 16.4. The number of carboxylic acid groups (broad SMARTS) is 1. The lowest BCUT2D eigenvalue weighted by atomic mass is 9.77. The Morgan fingerprint density at radius 1 is 1.17 bits per heavy atom. The van der Waals surface area contributed by atoms with Crippen LogP contribution in [-0.2, 0) is 12.0 Å². The number of fused-ring (bicyclic) bond motifs is 4. The summed E-state index contributed by atoms with van der Waals surface area (Å²) in [6.45, 7) is 4.87. The molecule has 0 saturated heterocycles. The number of amides is 1. The molecule has 122 valence electrons. The number of hydrogen-bond acceptors (Lipinski definition) is 3. The topological polar surface area (TPSA) is 60.4 Å². The summed E-state index contributed by atoms with van der Waals surface area (Å²) in [5.41, 5.74) is 3.39. The molecule has 0 fully saturated rings. The van der Waals surface area contributed by atoms with E-state index in [1.807, 2.05) is 23.1 Å². The largest absolute Gasteiger partial charge is 0.545 e. The van der Waals surface area contributed by atoms with Crippen molar-refractivity contribution < 1.29 is 14.7 Å². The van der Waals surface area contributed by atoms with Crippen LogP contribution in [0.2, 0.25) is 0 Å². The van der Waals surface area contributed by atoms with E-state index in [1.165, 1.54) is 11.6 Å². The van der Waals surface area contributed by atoms with Crippen molar-refractivity contribution in [1.29, 1.82) is 0 Å². The molecule has 2 heterocycles. The summed E-state index contributed by atoms with van der Waals surface area (Å²) in [4.78, 5) is 26.2. The van der Waals surface area contributed by atoms with E-state index in [-0.39, 0.29) is 22.9 Å². The second kappa shape index (κ2) is 4.94. The van der Waals surface area contributed by atoms with Gasteiger partial charge in [-0.3, -0.25) is 4.79 Å². The van der Waals surface area contributed by atoms with Gasteiger partial charge in [-0.2, -0.15) is 0 Å². The first kappa shape index (κ1) is 14.9. The Hall–Kier alpha value is -2.62. The van der Waals surface area contributed by atoms with E-state index in [9.17, 15) is 14.7 Å². The van der Waals surface area contributed by atoms with E-state index in [0.29, 0.717) is 12.1 Å². The lowest BCUT2D eigenvalue weighted by molar-refractivity contribution is -0.255. The Balaban J connectivity index is 1.89. The zero-order chi connectivity index (χ0) is 17.1. The van der Waals surface area contributed by atoms with Gasteiger partial charge in [0.1, 0.15) is 0 Å². The van der Waals surface area contributed by atoms with Crippen molar-refractivity contribution in [3.8, 4) is 0 Å². The van der Waals surface area contributed by atoms with E-state index in [0.717, 1.165) is 17.5 Å². The molecule has 2 aliphatic rings. The summed E-state index contributed by atoms with van der Waals surface area (Å²) in [5, 5.41) is 11.4. The molecule has 2 aromatic carbocycles. The van der Waals surface area contributed by atoms with Gasteiger partial charge in [0.15, 0.2) is 0 Å². The maximum atomic E-state index is 13.0. The van der Waals surface area contributed by atoms with Gasteiger partial charge >= 0.3 is 0 Å². The molecule has 0 aromatic heterocycles. The molecular formula is C20H18NO3-. The van der Waals surface area contributed by atoms with Crippen molar-refractivity contribution in [2.24, 2.45) is 0 Å². The van der Waals surface area contributed by atoms with Crippen LogP contribution in [0.3, 0.4) is 0 Å². The Kier molecular flexibility index (Phi) is 3.07. The molecule has 0 aliphatic carbocycles. The Bertz CT molecular complexity index is 869. The number of aromatic carboxylic acids is 1. The standard InChI is InChI=1S/C20H19NO3/c1-20(2)10-16-13-7-5-8-14(19(23)24)17(13)18(22)21(16)11-12-6-3-4-9-15(12)20/h3-9,16H,10-11H2,1-2H3,(H,23,24)/p-1/t16-/m1/s1. The Labute approximate surface area is 140 Å². The Morgan fingerprint density at radius 2 is 1.92 bits per heavy atom. The predicted molar refractivity (Wildman–Crippen MR) is 87.5 cm³/mol. The Morgan fingerprint density at radius 3 is 2.67 bits per heavy atom. The highest BCUT2D eigenvalue weighted by Gasteiger charge is 2.44. The fourth-order valence-corrected chi connectivity index (χ4v) is 4.21. The molecule has 24 heavy (non-hydrogen) atoms. The summed E-state index contributed by atoms with van der Waals surface area (Å²) in [5.74, 6) is -1.50. The van der Waals surface area contributed by atoms with Gasteiger partial charge in [0.05, 0.1) is 17.6 Å². The molecule has 1 amide bonds. The molecule has 4 nitrogen and oxygen atoms in total. The molecule has 4 rings (SSSR count). The predicted octanol–water partition coefficient (Wildman–Crippen LogP) is 2.43. The molecule has 1 atom stereocenters. The molecule has 4 heteroatoms. The van der Waals surface area contributed by atoms with Gasteiger partial charge in [-0.25, -0.2) is 0 Å². The van der Waals surface area contributed by atoms with Gasteiger partial charge in [-0.1, -0.05) is 56.3 Å². The fourth-order valence-electron chi connectivity index (χ4n) is 4.21. The third-order valence-electron chi connectivity index (χ3n) is 5.32. The molecule has 0 bridgehead atoms. The number of nitrogens with zero attached hydrogens (tertiary/aromatic N) is 1. The summed E-state index contributed by atoms with van der Waals surface area (Å²) >= 11 is 0. The molecule has 0 unspecified atom stereocenters. The van der Waals surface area contributed by atoms with E-state index in [1.54, 1.807) is 6.07 Å². The zero-order valence-corrected chi connectivity index (χ0v) is 13.7. The van der Waals surface area contributed by atoms with Crippen molar-refractivity contribution >= 4 is 11.9 Å². The minimum atomic E-state index is -1.29. The first-order valence-electron chi connectivity index (χ1n) is 8.14. The van der Waals surface area contributed by atoms with Crippen molar-refractivity contribution in [2.45, 2.75) is 38.3 Å². The number of hydrogen-bond donors (Lipinski definition) is 0. The van der Waals surface area contributed by atoms with Crippen LogP contribution in [0.15, 0.2) is 42.5 Å². The monoisotopic (exact) mass is 320 g/mol. The smallest absolute Gasteiger partial charge is 0.255 e. The summed E-state index contributed by atoms with van der Waals surface area (Å²) in [6.07, 6.45) is 0.763. The van der Waals surface area contributed by atoms with E-state index >= 15 is 0 Å². The van der Waals surface area contributed by atoms with Crippen molar-refractivity contribution in [3.05, 3.63) is 70.3 Å². The van der Waals surface area contributed by atoms with Crippen LogP contribution in [0, 0.1) is 0 Å². The highest BCUT2D eigenvalue weighted by Crippen LogP contribution is 2.47.